The first-order valence-electron chi connectivity index (χ1n) is 6.08. The number of rotatable bonds is 3. The lowest BCUT2D eigenvalue weighted by Gasteiger charge is -2.20. The van der Waals surface area contributed by atoms with Crippen LogP contribution in [0.1, 0.15) is 19.8 Å². The smallest absolute Gasteiger partial charge is 0.246 e. The molecule has 1 unspecified atom stereocenters. The van der Waals surface area contributed by atoms with E-state index in [1.807, 2.05) is 11.6 Å². The van der Waals surface area contributed by atoms with Crippen molar-refractivity contribution in [2.24, 2.45) is 5.10 Å². The third-order valence-electron chi connectivity index (χ3n) is 2.96. The molecule has 1 aromatic carbocycles. The Hall–Kier alpha value is -1.60. The highest BCUT2D eigenvalue weighted by molar-refractivity contribution is 7.90. The van der Waals surface area contributed by atoms with E-state index in [-0.39, 0.29) is 16.0 Å². The summed E-state index contributed by atoms with van der Waals surface area (Å²) in [6.45, 7) is 1.90. The van der Waals surface area contributed by atoms with Gasteiger partial charge in [-0.15, -0.1) is 0 Å². The molecule has 8 heteroatoms. The minimum Gasteiger partial charge on any atom is -0.246 e. The molecule has 2 rings (SSSR count). The Morgan fingerprint density at radius 3 is 2.85 bits per heavy atom. The van der Waals surface area contributed by atoms with Gasteiger partial charge in [0, 0.05) is 12.6 Å². The number of urea groups is 1. The minimum atomic E-state index is -4.01. The monoisotopic (exact) mass is 315 g/mol. The largest absolute Gasteiger partial charge is 0.351 e. The highest BCUT2D eigenvalue weighted by atomic mass is 35.5. The Morgan fingerprint density at radius 2 is 2.20 bits per heavy atom. The molecule has 0 saturated carbocycles. The molecule has 0 aliphatic carbocycles. The van der Waals surface area contributed by atoms with E-state index in [0.29, 0.717) is 12.8 Å². The first-order valence-corrected chi connectivity index (χ1v) is 7.95. The standard InChI is InChI=1S/C12H14ClN3O3S/c1-2-9-7-8-14-16(9)12(17)15-20(18,19)11-6-4-3-5-10(11)13/h3-6,8-9H,2,7H2,1H3,(H,15,17). The van der Waals surface area contributed by atoms with Gasteiger partial charge in [0.1, 0.15) is 4.90 Å². The lowest BCUT2D eigenvalue weighted by atomic mass is 10.2. The van der Waals surface area contributed by atoms with E-state index in [0.717, 1.165) is 5.01 Å². The van der Waals surface area contributed by atoms with Crippen molar-refractivity contribution >= 4 is 33.9 Å². The zero-order valence-corrected chi connectivity index (χ0v) is 12.4. The molecule has 1 aromatic rings. The summed E-state index contributed by atoms with van der Waals surface area (Å²) in [5.41, 5.74) is 0. The van der Waals surface area contributed by atoms with Gasteiger partial charge in [-0.25, -0.2) is 22.9 Å². The maximum atomic E-state index is 12.1. The second kappa shape index (κ2) is 5.80. The van der Waals surface area contributed by atoms with Crippen LogP contribution in [0.4, 0.5) is 4.79 Å². The maximum Gasteiger partial charge on any atom is 0.351 e. The predicted molar refractivity (Wildman–Crippen MR) is 76.2 cm³/mol. The van der Waals surface area contributed by atoms with E-state index in [1.54, 1.807) is 12.3 Å². The summed E-state index contributed by atoms with van der Waals surface area (Å²) < 4.78 is 26.2. The number of halogens is 1. The number of hydrazone groups is 1. The van der Waals surface area contributed by atoms with Gasteiger partial charge < -0.3 is 0 Å². The van der Waals surface area contributed by atoms with Crippen molar-refractivity contribution in [3.8, 4) is 0 Å². The van der Waals surface area contributed by atoms with E-state index in [1.165, 1.54) is 18.2 Å². The fourth-order valence-corrected chi connectivity index (χ4v) is 3.34. The van der Waals surface area contributed by atoms with Crippen LogP contribution in [-0.2, 0) is 10.0 Å². The summed E-state index contributed by atoms with van der Waals surface area (Å²) in [5, 5.41) is 5.09. The number of carbonyl (C=O) groups is 1. The summed E-state index contributed by atoms with van der Waals surface area (Å²) in [4.78, 5) is 11.9. The third-order valence-corrected chi connectivity index (χ3v) is 4.78. The van der Waals surface area contributed by atoms with Crippen LogP contribution >= 0.6 is 11.6 Å². The highest BCUT2D eigenvalue weighted by Crippen LogP contribution is 2.21. The van der Waals surface area contributed by atoms with E-state index in [4.69, 9.17) is 11.6 Å². The van der Waals surface area contributed by atoms with Gasteiger partial charge in [-0.1, -0.05) is 30.7 Å². The highest BCUT2D eigenvalue weighted by Gasteiger charge is 2.29. The molecule has 0 radical (unpaired) electrons. The molecule has 2 amide bonds. The predicted octanol–water partition coefficient (Wildman–Crippen LogP) is 2.21. The molecule has 0 bridgehead atoms. The molecule has 108 valence electrons. The number of sulfonamides is 1. The first kappa shape index (κ1) is 14.8. The van der Waals surface area contributed by atoms with E-state index in [2.05, 4.69) is 5.10 Å². The van der Waals surface area contributed by atoms with Gasteiger partial charge >= 0.3 is 6.03 Å². The van der Waals surface area contributed by atoms with E-state index < -0.39 is 16.1 Å². The molecule has 0 aromatic heterocycles. The number of hydrogen-bond donors (Lipinski definition) is 1. The molecule has 0 spiro atoms. The summed E-state index contributed by atoms with van der Waals surface area (Å²) >= 11 is 5.83. The van der Waals surface area contributed by atoms with Gasteiger partial charge in [-0.05, 0) is 18.6 Å². The topological polar surface area (TPSA) is 78.8 Å². The van der Waals surface area contributed by atoms with Gasteiger partial charge in [0.2, 0.25) is 0 Å². The van der Waals surface area contributed by atoms with Crippen molar-refractivity contribution in [1.82, 2.24) is 9.73 Å². The molecular formula is C12H14ClN3O3S. The van der Waals surface area contributed by atoms with Crippen molar-refractivity contribution in [3.05, 3.63) is 29.3 Å². The van der Waals surface area contributed by atoms with E-state index in [9.17, 15) is 13.2 Å². The van der Waals surface area contributed by atoms with Crippen LogP contribution in [-0.4, -0.2) is 31.7 Å². The first-order chi connectivity index (χ1) is 9.45. The quantitative estimate of drug-likeness (QED) is 0.928. The van der Waals surface area contributed by atoms with Crippen LogP contribution in [0, 0.1) is 0 Å². The lowest BCUT2D eigenvalue weighted by molar-refractivity contribution is 0.190. The van der Waals surface area contributed by atoms with Crippen LogP contribution in [0.15, 0.2) is 34.3 Å². The molecule has 1 aliphatic heterocycles. The number of nitrogens with one attached hydrogen (secondary N) is 1. The number of hydrogen-bond acceptors (Lipinski definition) is 4. The minimum absolute atomic E-state index is 0.0600. The second-order valence-electron chi connectivity index (χ2n) is 4.28. The number of benzene rings is 1. The lowest BCUT2D eigenvalue weighted by Crippen LogP contribution is -2.43. The van der Waals surface area contributed by atoms with Crippen LogP contribution in [0.2, 0.25) is 5.02 Å². The Labute approximate surface area is 122 Å². The second-order valence-corrected chi connectivity index (χ2v) is 6.34. The van der Waals surface area contributed by atoms with Gasteiger partial charge in [0.25, 0.3) is 10.0 Å². The molecule has 0 saturated heterocycles. The van der Waals surface area contributed by atoms with Gasteiger partial charge in [-0.2, -0.15) is 5.10 Å². The zero-order chi connectivity index (χ0) is 14.8. The molecular weight excluding hydrogens is 302 g/mol. The molecule has 20 heavy (non-hydrogen) atoms. The van der Waals surface area contributed by atoms with Gasteiger partial charge in [-0.3, -0.25) is 0 Å². The molecule has 1 aliphatic rings. The summed E-state index contributed by atoms with van der Waals surface area (Å²) in [6, 6.07) is 5.04. The normalized spacial score (nSPS) is 18.3. The van der Waals surface area contributed by atoms with Gasteiger partial charge in [0.05, 0.1) is 11.1 Å². The fourth-order valence-electron chi connectivity index (χ4n) is 1.89. The van der Waals surface area contributed by atoms with E-state index >= 15 is 0 Å². The fraction of sp³-hybridized carbons (Fsp3) is 0.333. The van der Waals surface area contributed by atoms with Crippen LogP contribution in [0.3, 0.4) is 0 Å². The summed E-state index contributed by atoms with van der Waals surface area (Å²) in [6.07, 6.45) is 2.91. The molecule has 0 fully saturated rings. The van der Waals surface area contributed by atoms with Crippen LogP contribution in [0.25, 0.3) is 0 Å². The number of carbonyl (C=O) groups excluding carboxylic acids is 1. The SMILES string of the molecule is CCC1CC=NN1C(=O)NS(=O)(=O)c1ccccc1Cl. The van der Waals surface area contributed by atoms with Crippen molar-refractivity contribution in [2.75, 3.05) is 0 Å². The maximum absolute atomic E-state index is 12.1. The van der Waals surface area contributed by atoms with Crippen molar-refractivity contribution in [1.29, 1.82) is 0 Å². The molecule has 1 heterocycles. The van der Waals surface area contributed by atoms with Crippen LogP contribution < -0.4 is 4.72 Å². The summed E-state index contributed by atoms with van der Waals surface area (Å²) in [7, 11) is -4.01. The molecule has 6 nitrogen and oxygen atoms in total. The Kier molecular flexibility index (Phi) is 4.29. The average Bonchev–Trinajstić information content (AvgIpc) is 2.86. The van der Waals surface area contributed by atoms with Crippen molar-refractivity contribution < 1.29 is 13.2 Å². The van der Waals surface area contributed by atoms with Crippen molar-refractivity contribution in [3.63, 3.8) is 0 Å². The Morgan fingerprint density at radius 1 is 1.50 bits per heavy atom. The van der Waals surface area contributed by atoms with Gasteiger partial charge in [0.15, 0.2) is 0 Å². The Bertz CT molecular complexity index is 645. The Balaban J connectivity index is 2.19. The number of nitrogens with zero attached hydrogens (tertiary/aromatic N) is 2. The summed E-state index contributed by atoms with van der Waals surface area (Å²) in [5.74, 6) is 0. The third kappa shape index (κ3) is 2.94. The zero-order valence-electron chi connectivity index (χ0n) is 10.8. The van der Waals surface area contributed by atoms with Crippen LogP contribution in [0.5, 0.6) is 0 Å². The molecule has 1 N–H and O–H groups in total. The van der Waals surface area contributed by atoms with Crippen molar-refractivity contribution in [2.45, 2.75) is 30.7 Å². The molecule has 1 atom stereocenters. The number of amides is 2. The average molecular weight is 316 g/mol.